The maximum atomic E-state index is 14.2. The Kier molecular flexibility index (Phi) is 11.2. The van der Waals surface area contributed by atoms with Crippen molar-refractivity contribution in [3.05, 3.63) is 93.5 Å². The fourth-order valence-corrected chi connectivity index (χ4v) is 6.34. The summed E-state index contributed by atoms with van der Waals surface area (Å²) < 4.78 is 29.1. The first kappa shape index (κ1) is 32.4. The quantitative estimate of drug-likeness (QED) is 0.250. The zero-order valence-electron chi connectivity index (χ0n) is 24.0. The second-order valence-corrected chi connectivity index (χ2v) is 12.8. The van der Waals surface area contributed by atoms with Crippen LogP contribution < -0.4 is 9.62 Å². The van der Waals surface area contributed by atoms with Crippen LogP contribution in [0.2, 0.25) is 10.0 Å². The summed E-state index contributed by atoms with van der Waals surface area (Å²) >= 11 is 12.6. The first-order chi connectivity index (χ1) is 19.4. The Labute approximate surface area is 253 Å². The molecule has 2 atom stereocenters. The average Bonchev–Trinajstić information content (AvgIpc) is 2.93. The minimum absolute atomic E-state index is 0.00649. The molecule has 0 saturated carbocycles. The number of rotatable bonds is 12. The van der Waals surface area contributed by atoms with Crippen molar-refractivity contribution in [1.29, 1.82) is 0 Å². The molecule has 0 saturated heterocycles. The van der Waals surface area contributed by atoms with E-state index in [1.54, 1.807) is 61.5 Å². The van der Waals surface area contributed by atoms with Gasteiger partial charge in [-0.05, 0) is 75.1 Å². The SMILES string of the molecule is CC[C@H](C)NC(=O)[C@H](CC)N(Cc1ccc(Cl)cc1Cl)C(=O)CN(c1ccccc1C)S(=O)(=O)c1ccc(C)cc1. The van der Waals surface area contributed by atoms with Crippen LogP contribution in [0.5, 0.6) is 0 Å². The number of carbonyl (C=O) groups is 2. The van der Waals surface area contributed by atoms with Crippen molar-refractivity contribution in [3.8, 4) is 0 Å². The fourth-order valence-electron chi connectivity index (χ4n) is 4.39. The summed E-state index contributed by atoms with van der Waals surface area (Å²) in [6.45, 7) is 8.80. The van der Waals surface area contributed by atoms with Gasteiger partial charge in [-0.25, -0.2) is 8.42 Å². The maximum absolute atomic E-state index is 14.2. The molecule has 3 aromatic carbocycles. The van der Waals surface area contributed by atoms with Crippen LogP contribution in [0, 0.1) is 13.8 Å². The van der Waals surface area contributed by atoms with E-state index in [0.29, 0.717) is 33.3 Å². The summed E-state index contributed by atoms with van der Waals surface area (Å²) in [6.07, 6.45) is 1.03. The molecule has 3 aromatic rings. The van der Waals surface area contributed by atoms with Gasteiger partial charge < -0.3 is 10.2 Å². The lowest BCUT2D eigenvalue weighted by Gasteiger charge is -2.34. The van der Waals surface area contributed by atoms with Crippen LogP contribution in [-0.2, 0) is 26.2 Å². The second kappa shape index (κ2) is 14.2. The van der Waals surface area contributed by atoms with Crippen LogP contribution in [-0.4, -0.2) is 43.8 Å². The summed E-state index contributed by atoms with van der Waals surface area (Å²) in [5.41, 5.74) is 2.56. The van der Waals surface area contributed by atoms with Gasteiger partial charge in [0.05, 0.1) is 10.6 Å². The van der Waals surface area contributed by atoms with Crippen LogP contribution in [0.4, 0.5) is 5.69 Å². The third-order valence-corrected chi connectivity index (χ3v) is 9.38. The van der Waals surface area contributed by atoms with E-state index < -0.39 is 28.5 Å². The number of para-hydroxylation sites is 1. The van der Waals surface area contributed by atoms with E-state index >= 15 is 0 Å². The predicted octanol–water partition coefficient (Wildman–Crippen LogP) is 6.53. The van der Waals surface area contributed by atoms with E-state index in [1.807, 2.05) is 27.7 Å². The summed E-state index contributed by atoms with van der Waals surface area (Å²) in [6, 6.07) is 17.4. The van der Waals surface area contributed by atoms with Crippen LogP contribution in [0.25, 0.3) is 0 Å². The Morgan fingerprint density at radius 1 is 0.927 bits per heavy atom. The number of halogens is 2. The second-order valence-electron chi connectivity index (χ2n) is 10.1. The molecular weight excluding hydrogens is 581 g/mol. The van der Waals surface area contributed by atoms with E-state index in [9.17, 15) is 18.0 Å². The molecule has 0 fully saturated rings. The number of nitrogens with zero attached hydrogens (tertiary/aromatic N) is 2. The first-order valence-corrected chi connectivity index (χ1v) is 15.8. The third-order valence-electron chi connectivity index (χ3n) is 7.01. The molecule has 0 heterocycles. The molecule has 2 amide bonds. The lowest BCUT2D eigenvalue weighted by Crippen LogP contribution is -2.53. The summed E-state index contributed by atoms with van der Waals surface area (Å²) in [4.78, 5) is 29.0. The van der Waals surface area contributed by atoms with Crippen molar-refractivity contribution >= 4 is 50.7 Å². The number of anilines is 1. The van der Waals surface area contributed by atoms with Gasteiger partial charge in [0.15, 0.2) is 0 Å². The number of benzene rings is 3. The molecule has 0 aliphatic heterocycles. The normalized spacial score (nSPS) is 12.9. The van der Waals surface area contributed by atoms with E-state index in [1.165, 1.54) is 17.0 Å². The van der Waals surface area contributed by atoms with E-state index in [-0.39, 0.29) is 23.4 Å². The van der Waals surface area contributed by atoms with Gasteiger partial charge in [-0.1, -0.05) is 79.0 Å². The van der Waals surface area contributed by atoms with E-state index in [2.05, 4.69) is 5.32 Å². The maximum Gasteiger partial charge on any atom is 0.264 e. The molecule has 41 heavy (non-hydrogen) atoms. The van der Waals surface area contributed by atoms with Gasteiger partial charge in [0, 0.05) is 22.6 Å². The van der Waals surface area contributed by atoms with Gasteiger partial charge >= 0.3 is 0 Å². The number of sulfonamides is 1. The van der Waals surface area contributed by atoms with Crippen LogP contribution in [0.3, 0.4) is 0 Å². The highest BCUT2D eigenvalue weighted by molar-refractivity contribution is 7.92. The molecule has 10 heteroatoms. The van der Waals surface area contributed by atoms with Crippen LogP contribution >= 0.6 is 23.2 Å². The first-order valence-electron chi connectivity index (χ1n) is 13.6. The minimum atomic E-state index is -4.14. The molecule has 0 radical (unpaired) electrons. The molecule has 0 spiro atoms. The summed E-state index contributed by atoms with van der Waals surface area (Å²) in [7, 11) is -4.14. The zero-order chi connectivity index (χ0) is 30.3. The van der Waals surface area contributed by atoms with E-state index in [4.69, 9.17) is 23.2 Å². The standard InChI is InChI=1S/C31H37Cl2N3O4S/c1-6-23(5)34-31(38)28(7-2)35(19-24-14-15-25(32)18-27(24)33)30(37)20-36(29-11-9-8-10-22(29)4)41(39,40)26-16-12-21(3)13-17-26/h8-18,23,28H,6-7,19-20H2,1-5H3,(H,34,38)/t23-,28-/m0/s1. The van der Waals surface area contributed by atoms with Gasteiger partial charge in [0.1, 0.15) is 12.6 Å². The summed E-state index contributed by atoms with van der Waals surface area (Å²) in [5.74, 6) is -0.856. The van der Waals surface area contributed by atoms with Crippen molar-refractivity contribution in [2.45, 2.75) is 71.0 Å². The molecule has 220 valence electrons. The molecular formula is C31H37Cl2N3O4S. The lowest BCUT2D eigenvalue weighted by atomic mass is 10.1. The smallest absolute Gasteiger partial charge is 0.264 e. The predicted molar refractivity (Wildman–Crippen MR) is 166 cm³/mol. The fraction of sp³-hybridized carbons (Fsp3) is 0.355. The molecule has 0 aliphatic rings. The highest BCUT2D eigenvalue weighted by atomic mass is 35.5. The number of hydrogen-bond acceptors (Lipinski definition) is 4. The topological polar surface area (TPSA) is 86.8 Å². The van der Waals surface area contributed by atoms with Gasteiger partial charge in [0.2, 0.25) is 11.8 Å². The van der Waals surface area contributed by atoms with Gasteiger partial charge in [-0.3, -0.25) is 13.9 Å². The van der Waals surface area contributed by atoms with Gasteiger partial charge in [-0.15, -0.1) is 0 Å². The van der Waals surface area contributed by atoms with Crippen molar-refractivity contribution in [2.75, 3.05) is 10.8 Å². The molecule has 0 aromatic heterocycles. The molecule has 0 unspecified atom stereocenters. The minimum Gasteiger partial charge on any atom is -0.352 e. The number of carbonyl (C=O) groups excluding carboxylic acids is 2. The summed E-state index contributed by atoms with van der Waals surface area (Å²) in [5, 5.41) is 3.74. The Bertz CT molecular complexity index is 1480. The Balaban J connectivity index is 2.09. The highest BCUT2D eigenvalue weighted by Gasteiger charge is 2.34. The van der Waals surface area contributed by atoms with Crippen molar-refractivity contribution in [3.63, 3.8) is 0 Å². The molecule has 0 aliphatic carbocycles. The van der Waals surface area contributed by atoms with Crippen molar-refractivity contribution < 1.29 is 18.0 Å². The number of hydrogen-bond donors (Lipinski definition) is 1. The number of aryl methyl sites for hydroxylation is 2. The van der Waals surface area contributed by atoms with E-state index in [0.717, 1.165) is 16.3 Å². The lowest BCUT2D eigenvalue weighted by molar-refractivity contribution is -0.140. The zero-order valence-corrected chi connectivity index (χ0v) is 26.4. The number of nitrogens with one attached hydrogen (secondary N) is 1. The molecule has 7 nitrogen and oxygen atoms in total. The third kappa shape index (κ3) is 8.03. The van der Waals surface area contributed by atoms with Crippen LogP contribution in [0.1, 0.15) is 50.3 Å². The number of amides is 2. The monoisotopic (exact) mass is 617 g/mol. The van der Waals surface area contributed by atoms with Gasteiger partial charge in [0.25, 0.3) is 10.0 Å². The van der Waals surface area contributed by atoms with Crippen LogP contribution in [0.15, 0.2) is 71.6 Å². The Morgan fingerprint density at radius 3 is 2.17 bits per heavy atom. The largest absolute Gasteiger partial charge is 0.352 e. The van der Waals surface area contributed by atoms with Crippen molar-refractivity contribution in [2.24, 2.45) is 0 Å². The molecule has 3 rings (SSSR count). The molecule has 0 bridgehead atoms. The highest BCUT2D eigenvalue weighted by Crippen LogP contribution is 2.29. The van der Waals surface area contributed by atoms with Crippen molar-refractivity contribution in [1.82, 2.24) is 10.2 Å². The average molecular weight is 619 g/mol. The van der Waals surface area contributed by atoms with Gasteiger partial charge in [-0.2, -0.15) is 0 Å². The molecule has 1 N–H and O–H groups in total. The Hall–Kier alpha value is -3.07. The Morgan fingerprint density at radius 2 is 1.59 bits per heavy atom.